The number of hydrogen-bond donors (Lipinski definition) is 0. The van der Waals surface area contributed by atoms with Crippen LogP contribution in [0.4, 0.5) is 0 Å². The summed E-state index contributed by atoms with van der Waals surface area (Å²) >= 11 is 0. The molecule has 6 heteroatoms. The summed E-state index contributed by atoms with van der Waals surface area (Å²) in [5, 5.41) is 0. The van der Waals surface area contributed by atoms with Crippen LogP contribution in [0.3, 0.4) is 0 Å². The van der Waals surface area contributed by atoms with Gasteiger partial charge in [-0.3, -0.25) is 4.98 Å². The number of pyridine rings is 3. The summed E-state index contributed by atoms with van der Waals surface area (Å²) < 4.78 is 4.20. The van der Waals surface area contributed by atoms with Crippen molar-refractivity contribution >= 4 is 0 Å². The van der Waals surface area contributed by atoms with Gasteiger partial charge in [-0.2, -0.15) is 12.1 Å². The molecule has 0 atom stereocenters. The molecule has 3 aliphatic carbocycles. The number of fused-ring (bicyclic) bond motifs is 9. The molecule has 72 heavy (non-hydrogen) atoms. The van der Waals surface area contributed by atoms with Gasteiger partial charge in [-0.05, 0) is 116 Å². The molecule has 11 aromatic rings. The van der Waals surface area contributed by atoms with Crippen molar-refractivity contribution in [3.05, 3.63) is 310 Å². The van der Waals surface area contributed by atoms with Crippen LogP contribution in [0.5, 0.6) is 0 Å². The molecular formula is C66H45N5Pt-2. The van der Waals surface area contributed by atoms with Crippen LogP contribution in [0.2, 0.25) is 0 Å². The molecule has 0 unspecified atom stereocenters. The topological polar surface area (TPSA) is 47.5 Å². The molecule has 0 N–H and O–H groups in total. The minimum absolute atomic E-state index is 0. The molecule has 0 aliphatic heterocycles. The van der Waals surface area contributed by atoms with Crippen molar-refractivity contribution in [1.82, 2.24) is 19.5 Å². The average Bonchev–Trinajstić information content (AvgIpc) is 4.16. The third kappa shape index (κ3) is 5.80. The largest absolute Gasteiger partial charge is 0.390 e. The van der Waals surface area contributed by atoms with Crippen molar-refractivity contribution < 1.29 is 25.6 Å². The van der Waals surface area contributed by atoms with E-state index in [1.807, 2.05) is 42.6 Å². The van der Waals surface area contributed by atoms with Gasteiger partial charge in [0.2, 0.25) is 6.33 Å². The van der Waals surface area contributed by atoms with Crippen molar-refractivity contribution in [3.8, 4) is 44.5 Å². The standard InChI is InChI=1S/C66H45N5.Pt/c1-43-17-16-18-44(2)63(43)45-31-32-69-62(35-45)65(58-27-12-6-21-52(58)53-22-7-13-28-59(53)65)48-36-46(38-67-40-48)64(56-25-10-4-19-50(56)51-20-5-11-26-57(51)64)47-37-49(41-68-39-47)66(71-34-33-70(3)42-71)60-29-14-8-23-54(60)55-24-9-15-30-61(55)66;/h4-35,38-41H,1-3H3;/q-2;. The summed E-state index contributed by atoms with van der Waals surface area (Å²) in [6.07, 6.45) is 17.9. The van der Waals surface area contributed by atoms with E-state index >= 15 is 0 Å². The maximum atomic E-state index is 5.39. The number of benzene rings is 7. The van der Waals surface area contributed by atoms with Crippen molar-refractivity contribution in [2.24, 2.45) is 7.05 Å². The van der Waals surface area contributed by atoms with Gasteiger partial charge in [0, 0.05) is 43.8 Å². The molecule has 3 aliphatic rings. The normalized spacial score (nSPS) is 14.5. The first-order valence-electron chi connectivity index (χ1n) is 24.3. The second-order valence-electron chi connectivity index (χ2n) is 19.3. The molecule has 0 spiro atoms. The van der Waals surface area contributed by atoms with E-state index in [1.165, 1.54) is 38.9 Å². The van der Waals surface area contributed by atoms with Gasteiger partial charge in [0.05, 0.1) is 18.2 Å². The van der Waals surface area contributed by atoms with Gasteiger partial charge in [0.1, 0.15) is 5.54 Å². The zero-order valence-corrected chi connectivity index (χ0v) is 42.1. The van der Waals surface area contributed by atoms with Crippen molar-refractivity contribution in [2.45, 2.75) is 30.2 Å². The molecule has 0 fully saturated rings. The van der Waals surface area contributed by atoms with Crippen LogP contribution in [0.1, 0.15) is 72.5 Å². The quantitative estimate of drug-likeness (QED) is 0.118. The van der Waals surface area contributed by atoms with Crippen molar-refractivity contribution in [1.29, 1.82) is 0 Å². The maximum Gasteiger partial charge on any atom is 0.204 e. The monoisotopic (exact) mass is 1100 g/mol. The summed E-state index contributed by atoms with van der Waals surface area (Å²) in [6.45, 7) is 4.39. The Bertz CT molecular complexity index is 3820. The van der Waals surface area contributed by atoms with Gasteiger partial charge in [0.25, 0.3) is 0 Å². The van der Waals surface area contributed by atoms with Gasteiger partial charge < -0.3 is 19.1 Å². The second kappa shape index (κ2) is 16.5. The van der Waals surface area contributed by atoms with Gasteiger partial charge >= 0.3 is 0 Å². The Labute approximate surface area is 434 Å². The molecule has 0 bridgehead atoms. The van der Waals surface area contributed by atoms with Crippen molar-refractivity contribution in [2.75, 3.05) is 0 Å². The number of aryl methyl sites for hydroxylation is 3. The second-order valence-corrected chi connectivity index (χ2v) is 19.3. The van der Waals surface area contributed by atoms with Gasteiger partial charge in [-0.25, -0.2) is 0 Å². The average molecular weight is 1100 g/mol. The minimum Gasteiger partial charge on any atom is -0.390 e. The Balaban J connectivity index is 0.00000504. The minimum atomic E-state index is -0.949. The van der Waals surface area contributed by atoms with Crippen LogP contribution in [0, 0.1) is 32.3 Å². The fourth-order valence-electron chi connectivity index (χ4n) is 13.0. The molecule has 0 saturated carbocycles. The van der Waals surface area contributed by atoms with Crippen LogP contribution in [-0.4, -0.2) is 19.5 Å². The molecule has 346 valence electrons. The fraction of sp³-hybridized carbons (Fsp3) is 0.0909. The third-order valence-corrected chi connectivity index (χ3v) is 15.8. The third-order valence-electron chi connectivity index (χ3n) is 15.8. The van der Waals surface area contributed by atoms with E-state index in [0.717, 1.165) is 78.0 Å². The maximum absolute atomic E-state index is 5.39. The number of rotatable bonds is 7. The van der Waals surface area contributed by atoms with E-state index < -0.39 is 16.4 Å². The first kappa shape index (κ1) is 43.9. The summed E-state index contributed by atoms with van der Waals surface area (Å²) in [5.74, 6) is 0. The van der Waals surface area contributed by atoms with Crippen LogP contribution in [0.25, 0.3) is 44.5 Å². The van der Waals surface area contributed by atoms with Crippen LogP contribution in [-0.2, 0) is 44.5 Å². The smallest absolute Gasteiger partial charge is 0.204 e. The molecule has 7 aromatic carbocycles. The molecule has 0 amide bonds. The van der Waals surface area contributed by atoms with E-state index in [2.05, 4.69) is 225 Å². The van der Waals surface area contributed by atoms with Gasteiger partial charge in [-0.1, -0.05) is 194 Å². The molecule has 4 aromatic heterocycles. The summed E-state index contributed by atoms with van der Waals surface area (Å²) in [7, 11) is 2.02. The van der Waals surface area contributed by atoms with E-state index in [0.29, 0.717) is 0 Å². The SMILES string of the molecule is Cc1cccc(C)c1-c1ccnc(C2(c3[c-]c(C4(c5[c-]c(C6(n7[c-][n+](C)cc7)c7ccccc7-c7ccccc76)cnc5)c5ccccc5-c5ccccc54)cnc3)c3ccccc3-c3ccccc32)c1.[Pt]. The molecular weight excluding hydrogens is 1060 g/mol. The Morgan fingerprint density at radius 3 is 1.33 bits per heavy atom. The fourth-order valence-corrected chi connectivity index (χ4v) is 13.0. The first-order chi connectivity index (χ1) is 34.9. The van der Waals surface area contributed by atoms with Crippen molar-refractivity contribution in [3.63, 3.8) is 0 Å². The van der Waals surface area contributed by atoms with E-state index in [9.17, 15) is 0 Å². The number of imidazole rings is 1. The molecule has 5 nitrogen and oxygen atoms in total. The summed E-state index contributed by atoms with van der Waals surface area (Å²) in [6, 6.07) is 72.2. The number of aromatic nitrogens is 5. The Morgan fingerprint density at radius 1 is 0.458 bits per heavy atom. The zero-order valence-electron chi connectivity index (χ0n) is 39.8. The molecule has 4 heterocycles. The zero-order chi connectivity index (χ0) is 47.5. The van der Waals surface area contributed by atoms with E-state index in [-0.39, 0.29) is 21.1 Å². The Hall–Kier alpha value is -8.11. The molecule has 0 radical (unpaired) electrons. The Kier molecular flexibility index (Phi) is 10.0. The first-order valence-corrected chi connectivity index (χ1v) is 24.3. The predicted molar refractivity (Wildman–Crippen MR) is 279 cm³/mol. The van der Waals surface area contributed by atoms with Gasteiger partial charge in [-0.15, -0.1) is 16.7 Å². The van der Waals surface area contributed by atoms with Crippen LogP contribution >= 0.6 is 0 Å². The van der Waals surface area contributed by atoms with Crippen LogP contribution < -0.4 is 4.57 Å². The molecule has 14 rings (SSSR count). The van der Waals surface area contributed by atoms with E-state index in [1.54, 1.807) is 0 Å². The Morgan fingerprint density at radius 2 is 0.861 bits per heavy atom. The predicted octanol–water partition coefficient (Wildman–Crippen LogP) is 12.7. The summed E-state index contributed by atoms with van der Waals surface area (Å²) in [4.78, 5) is 16.0. The van der Waals surface area contributed by atoms with Gasteiger partial charge in [0.15, 0.2) is 0 Å². The summed E-state index contributed by atoms with van der Waals surface area (Å²) in [5.41, 5.74) is 20.5. The number of nitrogens with zero attached hydrogens (tertiary/aromatic N) is 5. The number of hydrogen-bond acceptors (Lipinski definition) is 3. The van der Waals surface area contributed by atoms with Crippen LogP contribution in [0.15, 0.2) is 219 Å². The van der Waals surface area contributed by atoms with E-state index in [4.69, 9.17) is 15.0 Å². The molecule has 0 saturated heterocycles.